The van der Waals surface area contributed by atoms with Gasteiger partial charge in [-0.05, 0) is 30.9 Å². The molecule has 100 valence electrons. The third-order valence-corrected chi connectivity index (χ3v) is 3.56. The van der Waals surface area contributed by atoms with E-state index >= 15 is 0 Å². The van der Waals surface area contributed by atoms with E-state index in [1.54, 1.807) is 0 Å². The zero-order valence-corrected chi connectivity index (χ0v) is 11.7. The lowest BCUT2D eigenvalue weighted by atomic mass is 10.0. The van der Waals surface area contributed by atoms with E-state index in [4.69, 9.17) is 5.73 Å². The van der Waals surface area contributed by atoms with Crippen molar-refractivity contribution in [1.29, 1.82) is 0 Å². The Kier molecular flexibility index (Phi) is 3.64. The van der Waals surface area contributed by atoms with E-state index in [1.165, 1.54) is 0 Å². The van der Waals surface area contributed by atoms with Crippen LogP contribution in [-0.4, -0.2) is 18.5 Å². The molecule has 1 saturated carbocycles. The fraction of sp³-hybridized carbons (Fsp3) is 0.438. The first kappa shape index (κ1) is 13.6. The average molecular weight is 256 g/mol. The van der Waals surface area contributed by atoms with Gasteiger partial charge in [0.2, 0.25) is 0 Å². The van der Waals surface area contributed by atoms with Crippen LogP contribution in [0.5, 0.6) is 0 Å². The molecule has 1 fully saturated rings. The van der Waals surface area contributed by atoms with Crippen molar-refractivity contribution in [2.75, 3.05) is 6.54 Å². The van der Waals surface area contributed by atoms with Crippen molar-refractivity contribution < 1.29 is 4.79 Å². The zero-order valence-electron chi connectivity index (χ0n) is 11.7. The minimum Gasteiger partial charge on any atom is -0.349 e. The number of amides is 1. The van der Waals surface area contributed by atoms with Crippen LogP contribution >= 0.6 is 0 Å². The molecule has 3 N–H and O–H groups in total. The Morgan fingerprint density at radius 3 is 2.79 bits per heavy atom. The quantitative estimate of drug-likeness (QED) is 0.793. The Balaban J connectivity index is 2.22. The SMILES string of the molecule is Cc1ccc(C#CCN)c(C(=O)NC2CC2(C)C)c1. The van der Waals surface area contributed by atoms with Gasteiger partial charge in [-0.1, -0.05) is 37.3 Å². The molecule has 1 unspecified atom stereocenters. The number of carbonyl (C=O) groups excluding carboxylic acids is 1. The smallest absolute Gasteiger partial charge is 0.252 e. The first-order chi connectivity index (χ1) is 8.94. The van der Waals surface area contributed by atoms with E-state index in [1.807, 2.05) is 25.1 Å². The van der Waals surface area contributed by atoms with Crippen molar-refractivity contribution >= 4 is 5.91 Å². The van der Waals surface area contributed by atoms with Gasteiger partial charge < -0.3 is 11.1 Å². The number of carbonyl (C=O) groups is 1. The van der Waals surface area contributed by atoms with Gasteiger partial charge in [-0.25, -0.2) is 0 Å². The zero-order chi connectivity index (χ0) is 14.0. The number of rotatable bonds is 2. The summed E-state index contributed by atoms with van der Waals surface area (Å²) in [6.07, 6.45) is 1.04. The average Bonchev–Trinajstić information content (AvgIpc) is 2.94. The van der Waals surface area contributed by atoms with Crippen LogP contribution in [0.3, 0.4) is 0 Å². The highest BCUT2D eigenvalue weighted by atomic mass is 16.1. The standard InChI is InChI=1S/C16H20N2O/c1-11-6-7-12(5-4-8-17)13(9-11)15(19)18-14-10-16(14,2)3/h6-7,9,14H,8,10,17H2,1-3H3,(H,18,19). The van der Waals surface area contributed by atoms with Gasteiger partial charge in [0.15, 0.2) is 0 Å². The Bertz CT molecular complexity index is 564. The van der Waals surface area contributed by atoms with Gasteiger partial charge in [0.05, 0.1) is 12.1 Å². The Morgan fingerprint density at radius 2 is 2.21 bits per heavy atom. The van der Waals surface area contributed by atoms with E-state index in [0.29, 0.717) is 12.1 Å². The number of hydrogen-bond acceptors (Lipinski definition) is 2. The summed E-state index contributed by atoms with van der Waals surface area (Å²) in [5.74, 6) is 5.72. The summed E-state index contributed by atoms with van der Waals surface area (Å²) >= 11 is 0. The van der Waals surface area contributed by atoms with E-state index in [-0.39, 0.29) is 17.4 Å². The van der Waals surface area contributed by atoms with Crippen molar-refractivity contribution in [3.63, 3.8) is 0 Å². The molecule has 0 bridgehead atoms. The van der Waals surface area contributed by atoms with Gasteiger partial charge in [-0.2, -0.15) is 0 Å². The normalized spacial score (nSPS) is 19.3. The third kappa shape index (κ3) is 3.15. The predicted octanol–water partition coefficient (Wildman–Crippen LogP) is 1.83. The van der Waals surface area contributed by atoms with Gasteiger partial charge >= 0.3 is 0 Å². The van der Waals surface area contributed by atoms with Gasteiger partial charge in [-0.15, -0.1) is 0 Å². The van der Waals surface area contributed by atoms with Crippen molar-refractivity contribution in [2.45, 2.75) is 33.2 Å². The van der Waals surface area contributed by atoms with Crippen LogP contribution in [0.4, 0.5) is 0 Å². The fourth-order valence-corrected chi connectivity index (χ4v) is 2.05. The van der Waals surface area contributed by atoms with Gasteiger partial charge in [0, 0.05) is 11.6 Å². The lowest BCUT2D eigenvalue weighted by Crippen LogP contribution is -2.29. The summed E-state index contributed by atoms with van der Waals surface area (Å²) in [4.78, 5) is 12.3. The summed E-state index contributed by atoms with van der Waals surface area (Å²) in [5.41, 5.74) is 8.05. The van der Waals surface area contributed by atoms with Crippen molar-refractivity contribution in [2.24, 2.45) is 11.1 Å². The number of nitrogens with one attached hydrogen (secondary N) is 1. The molecule has 3 heteroatoms. The molecule has 1 aromatic rings. The molecule has 0 aromatic heterocycles. The summed E-state index contributed by atoms with van der Waals surface area (Å²) < 4.78 is 0. The lowest BCUT2D eigenvalue weighted by molar-refractivity contribution is 0.0946. The summed E-state index contributed by atoms with van der Waals surface area (Å²) in [6, 6.07) is 5.99. The topological polar surface area (TPSA) is 55.1 Å². The highest BCUT2D eigenvalue weighted by Gasteiger charge is 2.46. The second-order valence-corrected chi connectivity index (χ2v) is 5.77. The highest BCUT2D eigenvalue weighted by Crippen LogP contribution is 2.44. The van der Waals surface area contributed by atoms with Crippen LogP contribution in [0.2, 0.25) is 0 Å². The monoisotopic (exact) mass is 256 g/mol. The predicted molar refractivity (Wildman–Crippen MR) is 76.8 cm³/mol. The fourth-order valence-electron chi connectivity index (χ4n) is 2.05. The number of benzene rings is 1. The molecule has 1 amide bonds. The van der Waals surface area contributed by atoms with Gasteiger partial charge in [-0.3, -0.25) is 4.79 Å². The van der Waals surface area contributed by atoms with Crippen molar-refractivity contribution in [1.82, 2.24) is 5.32 Å². The molecule has 2 rings (SSSR count). The Labute approximate surface area is 114 Å². The van der Waals surface area contributed by atoms with Crippen LogP contribution in [0.25, 0.3) is 0 Å². The molecule has 0 saturated heterocycles. The maximum atomic E-state index is 12.3. The first-order valence-electron chi connectivity index (χ1n) is 6.54. The van der Waals surface area contributed by atoms with Crippen LogP contribution in [0, 0.1) is 24.2 Å². The molecule has 3 nitrogen and oxygen atoms in total. The van der Waals surface area contributed by atoms with Crippen LogP contribution in [0.1, 0.15) is 41.8 Å². The number of hydrogen-bond donors (Lipinski definition) is 2. The summed E-state index contributed by atoms with van der Waals surface area (Å²) in [7, 11) is 0. The van der Waals surface area contributed by atoms with Gasteiger partial charge in [0.1, 0.15) is 0 Å². The molecular weight excluding hydrogens is 236 g/mol. The number of nitrogens with two attached hydrogens (primary N) is 1. The molecule has 1 aromatic carbocycles. The molecule has 1 aliphatic carbocycles. The minimum atomic E-state index is -0.0411. The molecule has 1 aliphatic rings. The second-order valence-electron chi connectivity index (χ2n) is 5.77. The van der Waals surface area contributed by atoms with Gasteiger partial charge in [0.25, 0.3) is 5.91 Å². The molecule has 0 heterocycles. The van der Waals surface area contributed by atoms with E-state index in [9.17, 15) is 4.79 Å². The summed E-state index contributed by atoms with van der Waals surface area (Å²) in [5, 5.41) is 3.07. The molecule has 0 radical (unpaired) electrons. The Morgan fingerprint density at radius 1 is 1.53 bits per heavy atom. The van der Waals surface area contributed by atoms with Crippen molar-refractivity contribution in [3.05, 3.63) is 34.9 Å². The third-order valence-electron chi connectivity index (χ3n) is 3.56. The first-order valence-corrected chi connectivity index (χ1v) is 6.54. The molecule has 0 aliphatic heterocycles. The lowest BCUT2D eigenvalue weighted by Gasteiger charge is -2.09. The minimum absolute atomic E-state index is 0.0411. The maximum absolute atomic E-state index is 12.3. The van der Waals surface area contributed by atoms with E-state index in [0.717, 1.165) is 17.5 Å². The molecular formula is C16H20N2O. The van der Waals surface area contributed by atoms with Crippen LogP contribution < -0.4 is 11.1 Å². The van der Waals surface area contributed by atoms with E-state index < -0.39 is 0 Å². The molecule has 0 spiro atoms. The highest BCUT2D eigenvalue weighted by molar-refractivity contribution is 5.97. The maximum Gasteiger partial charge on any atom is 0.252 e. The molecule has 19 heavy (non-hydrogen) atoms. The largest absolute Gasteiger partial charge is 0.349 e. The molecule has 1 atom stereocenters. The Hall–Kier alpha value is -1.79. The van der Waals surface area contributed by atoms with Crippen molar-refractivity contribution in [3.8, 4) is 11.8 Å². The summed E-state index contributed by atoms with van der Waals surface area (Å²) in [6.45, 7) is 6.58. The second kappa shape index (κ2) is 5.07. The number of aryl methyl sites for hydroxylation is 1. The van der Waals surface area contributed by atoms with E-state index in [2.05, 4.69) is 31.0 Å². The van der Waals surface area contributed by atoms with Crippen LogP contribution in [-0.2, 0) is 0 Å². The van der Waals surface area contributed by atoms with Crippen LogP contribution in [0.15, 0.2) is 18.2 Å².